The van der Waals surface area contributed by atoms with Gasteiger partial charge in [0, 0.05) is 18.8 Å². The minimum atomic E-state index is -0.0128. The van der Waals surface area contributed by atoms with Gasteiger partial charge in [-0.25, -0.2) is 0 Å². The van der Waals surface area contributed by atoms with Crippen molar-refractivity contribution >= 4 is 5.91 Å². The molecule has 1 aliphatic rings. The Morgan fingerprint density at radius 2 is 2.15 bits per heavy atom. The Hall–Kier alpha value is -1.42. The minimum Gasteiger partial charge on any atom is -0.337 e. The van der Waals surface area contributed by atoms with Crippen LogP contribution in [-0.2, 0) is 11.3 Å². The number of hydrogen-bond acceptors (Lipinski definition) is 3. The molecule has 1 amide bonds. The largest absolute Gasteiger partial charge is 0.337 e. The van der Waals surface area contributed by atoms with Crippen LogP contribution in [-0.4, -0.2) is 28.4 Å². The van der Waals surface area contributed by atoms with Gasteiger partial charge in [-0.05, 0) is 31.9 Å². The Morgan fingerprint density at radius 3 is 2.85 bits per heavy atom. The molecule has 4 heteroatoms. The highest BCUT2D eigenvalue weighted by atomic mass is 16.2. The van der Waals surface area contributed by atoms with E-state index in [9.17, 15) is 4.79 Å². The lowest BCUT2D eigenvalue weighted by Gasteiger charge is -2.28. The molecular weight excluding hydrogens is 250 g/mol. The van der Waals surface area contributed by atoms with E-state index in [1.165, 1.54) is 6.42 Å². The Kier molecular flexibility index (Phi) is 5.53. The molecule has 1 aliphatic carbocycles. The predicted molar refractivity (Wildman–Crippen MR) is 79.9 cm³/mol. The van der Waals surface area contributed by atoms with E-state index in [1.807, 2.05) is 30.0 Å². The molecule has 20 heavy (non-hydrogen) atoms. The van der Waals surface area contributed by atoms with E-state index < -0.39 is 0 Å². The molecule has 1 fully saturated rings. The van der Waals surface area contributed by atoms with Crippen molar-refractivity contribution in [2.45, 2.75) is 51.6 Å². The first-order valence-corrected chi connectivity index (χ1v) is 7.66. The summed E-state index contributed by atoms with van der Waals surface area (Å²) >= 11 is 0. The summed E-state index contributed by atoms with van der Waals surface area (Å²) in [6.07, 6.45) is 7.13. The topological polar surface area (TPSA) is 59.2 Å². The molecule has 4 nitrogen and oxygen atoms in total. The van der Waals surface area contributed by atoms with E-state index >= 15 is 0 Å². The van der Waals surface area contributed by atoms with Crippen molar-refractivity contribution < 1.29 is 4.79 Å². The smallest absolute Gasteiger partial charge is 0.227 e. The molecule has 2 unspecified atom stereocenters. The highest BCUT2D eigenvalue weighted by molar-refractivity contribution is 5.79. The molecule has 0 spiro atoms. The normalized spacial score (nSPS) is 23.1. The summed E-state index contributed by atoms with van der Waals surface area (Å²) < 4.78 is 0. The van der Waals surface area contributed by atoms with Crippen LogP contribution < -0.4 is 5.73 Å². The molecule has 2 atom stereocenters. The Labute approximate surface area is 121 Å². The summed E-state index contributed by atoms with van der Waals surface area (Å²) in [6, 6.07) is 5.83. The Morgan fingerprint density at radius 1 is 1.35 bits per heavy atom. The van der Waals surface area contributed by atoms with E-state index in [1.54, 1.807) is 6.20 Å². The standard InChI is InChI=1S/C16H25N3O/c1-2-19(12-13-8-6-7-11-18-13)16(20)14-9-4-3-5-10-15(14)17/h6-8,11,14-15H,2-5,9-10,12,17H2,1H3. The second-order valence-electron chi connectivity index (χ2n) is 5.58. The first-order valence-electron chi connectivity index (χ1n) is 7.66. The zero-order valence-electron chi connectivity index (χ0n) is 12.3. The summed E-state index contributed by atoms with van der Waals surface area (Å²) in [4.78, 5) is 18.9. The summed E-state index contributed by atoms with van der Waals surface area (Å²) in [7, 11) is 0. The third-order valence-corrected chi connectivity index (χ3v) is 4.16. The second-order valence-corrected chi connectivity index (χ2v) is 5.58. The molecule has 0 aliphatic heterocycles. The third kappa shape index (κ3) is 3.79. The fourth-order valence-electron chi connectivity index (χ4n) is 2.91. The SMILES string of the molecule is CCN(Cc1ccccn1)C(=O)C1CCCCCC1N. The molecule has 0 aromatic carbocycles. The summed E-state index contributed by atoms with van der Waals surface area (Å²) in [5, 5.41) is 0. The monoisotopic (exact) mass is 275 g/mol. The van der Waals surface area contributed by atoms with Gasteiger partial charge in [-0.15, -0.1) is 0 Å². The van der Waals surface area contributed by atoms with E-state index in [0.29, 0.717) is 13.1 Å². The second kappa shape index (κ2) is 7.39. The van der Waals surface area contributed by atoms with Crippen LogP contribution in [0, 0.1) is 5.92 Å². The molecule has 1 aromatic heterocycles. The number of nitrogens with zero attached hydrogens (tertiary/aromatic N) is 2. The molecule has 1 saturated carbocycles. The maximum atomic E-state index is 12.7. The van der Waals surface area contributed by atoms with E-state index in [4.69, 9.17) is 5.73 Å². The number of carbonyl (C=O) groups excluding carboxylic acids is 1. The Bertz CT molecular complexity index is 421. The minimum absolute atomic E-state index is 0.0128. The van der Waals surface area contributed by atoms with E-state index in [0.717, 1.165) is 31.4 Å². The molecular formula is C16H25N3O. The van der Waals surface area contributed by atoms with Crippen molar-refractivity contribution in [3.8, 4) is 0 Å². The fourth-order valence-corrected chi connectivity index (χ4v) is 2.91. The lowest BCUT2D eigenvalue weighted by atomic mass is 9.94. The number of amides is 1. The van der Waals surface area contributed by atoms with Crippen LogP contribution >= 0.6 is 0 Å². The number of hydrogen-bond donors (Lipinski definition) is 1. The van der Waals surface area contributed by atoms with E-state index in [2.05, 4.69) is 4.98 Å². The van der Waals surface area contributed by atoms with Crippen molar-refractivity contribution in [2.75, 3.05) is 6.54 Å². The lowest BCUT2D eigenvalue weighted by Crippen LogP contribution is -2.43. The molecule has 2 N–H and O–H groups in total. The number of pyridine rings is 1. The summed E-state index contributed by atoms with van der Waals surface area (Å²) in [5.74, 6) is 0.189. The van der Waals surface area contributed by atoms with Gasteiger partial charge in [0.15, 0.2) is 0 Å². The number of carbonyl (C=O) groups is 1. The quantitative estimate of drug-likeness (QED) is 0.858. The molecule has 1 aromatic rings. The maximum absolute atomic E-state index is 12.7. The van der Waals surface area contributed by atoms with Gasteiger partial charge < -0.3 is 10.6 Å². The van der Waals surface area contributed by atoms with Gasteiger partial charge in [-0.1, -0.05) is 25.3 Å². The molecule has 0 saturated heterocycles. The molecule has 2 rings (SSSR count). The van der Waals surface area contributed by atoms with Crippen LogP contribution in [0.2, 0.25) is 0 Å². The van der Waals surface area contributed by atoms with Crippen molar-refractivity contribution in [3.63, 3.8) is 0 Å². The highest BCUT2D eigenvalue weighted by Crippen LogP contribution is 2.24. The highest BCUT2D eigenvalue weighted by Gasteiger charge is 2.30. The zero-order valence-corrected chi connectivity index (χ0v) is 12.3. The molecule has 0 bridgehead atoms. The fraction of sp³-hybridized carbons (Fsp3) is 0.625. The average Bonchev–Trinajstić information content (AvgIpc) is 2.70. The third-order valence-electron chi connectivity index (χ3n) is 4.16. The van der Waals surface area contributed by atoms with Crippen molar-refractivity contribution in [2.24, 2.45) is 11.7 Å². The van der Waals surface area contributed by atoms with Crippen LogP contribution in [0.25, 0.3) is 0 Å². The predicted octanol–water partition coefficient (Wildman–Crippen LogP) is 2.34. The van der Waals surface area contributed by atoms with Crippen molar-refractivity contribution in [1.29, 1.82) is 0 Å². The van der Waals surface area contributed by atoms with Crippen LogP contribution in [0.4, 0.5) is 0 Å². The average molecular weight is 275 g/mol. The molecule has 0 radical (unpaired) electrons. The van der Waals surface area contributed by atoms with Crippen LogP contribution in [0.5, 0.6) is 0 Å². The van der Waals surface area contributed by atoms with Crippen LogP contribution in [0.3, 0.4) is 0 Å². The van der Waals surface area contributed by atoms with E-state index in [-0.39, 0.29) is 17.9 Å². The number of rotatable bonds is 4. The zero-order chi connectivity index (χ0) is 14.4. The number of aromatic nitrogens is 1. The van der Waals surface area contributed by atoms with Gasteiger partial charge in [0.2, 0.25) is 5.91 Å². The molecule has 110 valence electrons. The summed E-state index contributed by atoms with van der Waals surface area (Å²) in [6.45, 7) is 3.31. The van der Waals surface area contributed by atoms with Gasteiger partial charge in [0.05, 0.1) is 18.2 Å². The van der Waals surface area contributed by atoms with Gasteiger partial charge >= 0.3 is 0 Å². The van der Waals surface area contributed by atoms with Gasteiger partial charge in [-0.2, -0.15) is 0 Å². The van der Waals surface area contributed by atoms with Crippen molar-refractivity contribution in [1.82, 2.24) is 9.88 Å². The van der Waals surface area contributed by atoms with Gasteiger partial charge in [0.1, 0.15) is 0 Å². The van der Waals surface area contributed by atoms with Gasteiger partial charge in [-0.3, -0.25) is 9.78 Å². The summed E-state index contributed by atoms with van der Waals surface area (Å²) in [5.41, 5.74) is 7.14. The molecule has 1 heterocycles. The van der Waals surface area contributed by atoms with Crippen LogP contribution in [0.1, 0.15) is 44.7 Å². The lowest BCUT2D eigenvalue weighted by molar-refractivity contribution is -0.136. The van der Waals surface area contributed by atoms with Crippen molar-refractivity contribution in [3.05, 3.63) is 30.1 Å². The number of nitrogens with two attached hydrogens (primary N) is 1. The van der Waals surface area contributed by atoms with Crippen LogP contribution in [0.15, 0.2) is 24.4 Å². The first kappa shape index (κ1) is 15.0. The van der Waals surface area contributed by atoms with Gasteiger partial charge in [0.25, 0.3) is 0 Å². The first-order chi connectivity index (χ1) is 9.72. The maximum Gasteiger partial charge on any atom is 0.227 e. The Balaban J connectivity index is 2.04.